The maximum absolute atomic E-state index is 13.4. The van der Waals surface area contributed by atoms with Gasteiger partial charge in [0.1, 0.15) is 10.7 Å². The molecule has 2 aromatic carbocycles. The van der Waals surface area contributed by atoms with Crippen molar-refractivity contribution in [3.05, 3.63) is 54.7 Å². The second-order valence-corrected chi connectivity index (χ2v) is 11.6. The van der Waals surface area contributed by atoms with Crippen molar-refractivity contribution in [1.82, 2.24) is 18.8 Å². The number of morpholine rings is 1. The van der Waals surface area contributed by atoms with Crippen LogP contribution in [0.15, 0.2) is 59.6 Å². The molecule has 2 aromatic heterocycles. The van der Waals surface area contributed by atoms with Crippen LogP contribution in [-0.4, -0.2) is 66.7 Å². The van der Waals surface area contributed by atoms with Crippen molar-refractivity contribution in [1.29, 1.82) is 0 Å². The summed E-state index contributed by atoms with van der Waals surface area (Å²) in [6.07, 6.45) is 4.34. The van der Waals surface area contributed by atoms with Gasteiger partial charge in [0, 0.05) is 49.3 Å². The highest BCUT2D eigenvalue weighted by atomic mass is 32.2. The number of rotatable bonds is 5. The fraction of sp³-hybridized carbons (Fsp3) is 0.333. The Morgan fingerprint density at radius 3 is 2.26 bits per heavy atom. The molecule has 0 spiro atoms. The lowest BCUT2D eigenvalue weighted by atomic mass is 10.1. The Morgan fingerprint density at radius 1 is 0.816 bits per heavy atom. The molecule has 0 bridgehead atoms. The van der Waals surface area contributed by atoms with Gasteiger partial charge in [0.25, 0.3) is 0 Å². The van der Waals surface area contributed by atoms with E-state index in [0.717, 1.165) is 73.5 Å². The van der Waals surface area contributed by atoms with Gasteiger partial charge in [0.2, 0.25) is 16.0 Å². The van der Waals surface area contributed by atoms with Crippen molar-refractivity contribution in [3.8, 4) is 16.8 Å². The van der Waals surface area contributed by atoms with Crippen molar-refractivity contribution in [2.45, 2.75) is 24.2 Å². The number of nitrogens with zero attached hydrogens (tertiary/aromatic N) is 5. The van der Waals surface area contributed by atoms with E-state index in [-0.39, 0.29) is 10.7 Å². The van der Waals surface area contributed by atoms with Crippen molar-refractivity contribution < 1.29 is 13.2 Å². The van der Waals surface area contributed by atoms with E-state index in [1.807, 2.05) is 34.9 Å². The third kappa shape index (κ3) is 4.46. The molecule has 0 atom stereocenters. The van der Waals surface area contributed by atoms with Crippen LogP contribution in [0.25, 0.3) is 27.8 Å². The number of imidazole rings is 1. The fourth-order valence-electron chi connectivity index (χ4n) is 5.24. The van der Waals surface area contributed by atoms with Crippen LogP contribution in [-0.2, 0) is 14.8 Å². The lowest BCUT2D eigenvalue weighted by Gasteiger charge is -2.29. The quantitative estimate of drug-likeness (QED) is 0.399. The number of piperidine rings is 1. The molecule has 2 fully saturated rings. The van der Waals surface area contributed by atoms with Crippen molar-refractivity contribution in [2.24, 2.45) is 0 Å². The summed E-state index contributed by atoms with van der Waals surface area (Å²) in [5.41, 5.74) is 17.5. The van der Waals surface area contributed by atoms with Gasteiger partial charge in [-0.25, -0.2) is 18.4 Å². The molecule has 11 heteroatoms. The summed E-state index contributed by atoms with van der Waals surface area (Å²) in [6.45, 7) is 4.19. The smallest absolute Gasteiger partial charge is 0.246 e. The Bertz CT molecular complexity index is 1570. The Morgan fingerprint density at radius 2 is 1.53 bits per heavy atom. The first-order valence-corrected chi connectivity index (χ1v) is 14.3. The normalized spacial score (nSPS) is 17.2. The summed E-state index contributed by atoms with van der Waals surface area (Å²) in [5.74, 6) is 0.384. The monoisotopic (exact) mass is 533 g/mol. The molecule has 2 saturated heterocycles. The summed E-state index contributed by atoms with van der Waals surface area (Å²) < 4.78 is 35.6. The Labute approximate surface area is 221 Å². The molecule has 4 aromatic rings. The first-order valence-electron chi connectivity index (χ1n) is 12.9. The highest BCUT2D eigenvalue weighted by molar-refractivity contribution is 7.89. The van der Waals surface area contributed by atoms with Gasteiger partial charge in [-0.1, -0.05) is 12.5 Å². The lowest BCUT2D eigenvalue weighted by Crippen LogP contribution is -2.36. The van der Waals surface area contributed by atoms with E-state index in [0.29, 0.717) is 24.6 Å². The number of nitrogens with two attached hydrogens (primary N) is 2. The Balaban J connectivity index is 1.37. The largest absolute Gasteiger partial charge is 0.383 e. The molecular formula is C27H31N7O3S. The van der Waals surface area contributed by atoms with Gasteiger partial charge >= 0.3 is 0 Å². The van der Waals surface area contributed by atoms with Gasteiger partial charge in [-0.05, 0) is 60.9 Å². The van der Waals surface area contributed by atoms with E-state index in [2.05, 4.69) is 27.0 Å². The number of benzene rings is 2. The fourth-order valence-corrected chi connectivity index (χ4v) is 6.85. The van der Waals surface area contributed by atoms with Crippen LogP contribution < -0.4 is 16.4 Å². The van der Waals surface area contributed by atoms with Crippen LogP contribution >= 0.6 is 0 Å². The molecule has 4 heterocycles. The Kier molecular flexibility index (Phi) is 6.42. The molecule has 2 aliphatic heterocycles. The van der Waals surface area contributed by atoms with Gasteiger partial charge in [-0.15, -0.1) is 0 Å². The summed E-state index contributed by atoms with van der Waals surface area (Å²) in [4.78, 5) is 11.1. The van der Waals surface area contributed by atoms with Gasteiger partial charge in [-0.2, -0.15) is 4.31 Å². The van der Waals surface area contributed by atoms with Crippen LogP contribution in [0.3, 0.4) is 0 Å². The molecule has 10 nitrogen and oxygen atoms in total. The van der Waals surface area contributed by atoms with Crippen LogP contribution in [0.1, 0.15) is 19.3 Å². The highest BCUT2D eigenvalue weighted by Crippen LogP contribution is 2.32. The predicted molar refractivity (Wildman–Crippen MR) is 149 cm³/mol. The van der Waals surface area contributed by atoms with E-state index >= 15 is 0 Å². The molecular weight excluding hydrogens is 502 g/mol. The third-order valence-electron chi connectivity index (χ3n) is 7.31. The third-order valence-corrected chi connectivity index (χ3v) is 9.24. The first-order chi connectivity index (χ1) is 18.4. The number of nitrogen functional groups attached to an aromatic ring is 2. The maximum atomic E-state index is 13.4. The number of hydrogen-bond acceptors (Lipinski definition) is 8. The molecule has 4 N–H and O–H groups in total. The number of ether oxygens (including phenoxy) is 1. The molecule has 2 aliphatic rings. The van der Waals surface area contributed by atoms with Crippen LogP contribution in [0.5, 0.6) is 0 Å². The molecule has 6 rings (SSSR count). The molecule has 38 heavy (non-hydrogen) atoms. The van der Waals surface area contributed by atoms with Gasteiger partial charge in [-0.3, -0.25) is 4.57 Å². The molecule has 0 amide bonds. The molecule has 0 aliphatic carbocycles. The number of aromatic nitrogens is 3. The van der Waals surface area contributed by atoms with Gasteiger partial charge in [0.05, 0.1) is 24.2 Å². The van der Waals surface area contributed by atoms with Crippen LogP contribution in [0.4, 0.5) is 17.5 Å². The predicted octanol–water partition coefficient (Wildman–Crippen LogP) is 3.26. The number of hydrogen-bond donors (Lipinski definition) is 2. The minimum Gasteiger partial charge on any atom is -0.383 e. The zero-order valence-corrected chi connectivity index (χ0v) is 21.9. The SMILES string of the molecule is Nc1ncc(-c2ccc3nc(N)n(-c4ccc(N5CCOCC5)cc4)c3c2)cc1S(=O)(=O)N1CCCCC1. The number of fused-ring (bicyclic) bond motifs is 1. The van der Waals surface area contributed by atoms with Crippen molar-refractivity contribution >= 4 is 38.5 Å². The standard InChI is InChI=1S/C27H31N7O3S/c28-26-25(38(35,36)33-10-2-1-3-11-33)17-20(18-30-26)19-4-9-23-24(16-19)34(27(29)31-23)22-7-5-21(6-8-22)32-12-14-37-15-13-32/h4-9,16-18H,1-3,10-15H2,(H2,28,30)(H2,29,31). The highest BCUT2D eigenvalue weighted by Gasteiger charge is 2.29. The van der Waals surface area contributed by atoms with Crippen molar-refractivity contribution in [3.63, 3.8) is 0 Å². The van der Waals surface area contributed by atoms with E-state index in [4.69, 9.17) is 16.2 Å². The van der Waals surface area contributed by atoms with Crippen LogP contribution in [0.2, 0.25) is 0 Å². The minimum atomic E-state index is -3.73. The second kappa shape index (κ2) is 9.90. The van der Waals surface area contributed by atoms with E-state index in [9.17, 15) is 8.42 Å². The first kappa shape index (κ1) is 24.7. The molecule has 0 unspecified atom stereocenters. The Hall–Kier alpha value is -3.67. The minimum absolute atomic E-state index is 0.00930. The number of anilines is 3. The van der Waals surface area contributed by atoms with Gasteiger partial charge in [0.15, 0.2) is 0 Å². The number of pyridine rings is 1. The molecule has 0 saturated carbocycles. The van der Waals surface area contributed by atoms with Crippen LogP contribution in [0, 0.1) is 0 Å². The zero-order valence-electron chi connectivity index (χ0n) is 21.1. The summed E-state index contributed by atoms with van der Waals surface area (Å²) >= 11 is 0. The lowest BCUT2D eigenvalue weighted by molar-refractivity contribution is 0.122. The molecule has 198 valence electrons. The zero-order chi connectivity index (χ0) is 26.3. The van der Waals surface area contributed by atoms with Crippen molar-refractivity contribution in [2.75, 3.05) is 55.8 Å². The summed E-state index contributed by atoms with van der Waals surface area (Å²) in [7, 11) is -3.73. The van der Waals surface area contributed by atoms with E-state index in [1.165, 1.54) is 4.31 Å². The summed E-state index contributed by atoms with van der Waals surface area (Å²) in [5, 5.41) is 0. The molecule has 0 radical (unpaired) electrons. The topological polar surface area (TPSA) is 133 Å². The average Bonchev–Trinajstić information content (AvgIpc) is 3.29. The van der Waals surface area contributed by atoms with E-state index < -0.39 is 10.0 Å². The second-order valence-electron chi connectivity index (χ2n) is 9.70. The van der Waals surface area contributed by atoms with E-state index in [1.54, 1.807) is 12.3 Å². The summed E-state index contributed by atoms with van der Waals surface area (Å²) in [6, 6.07) is 15.6. The number of sulfonamides is 1. The van der Waals surface area contributed by atoms with Gasteiger partial charge < -0.3 is 21.1 Å². The average molecular weight is 534 g/mol. The maximum Gasteiger partial charge on any atom is 0.246 e.